The van der Waals surface area contributed by atoms with Crippen LogP contribution in [0.4, 0.5) is 10.8 Å². The number of fused-ring (bicyclic) bond motifs is 1. The molecule has 0 radical (unpaired) electrons. The fourth-order valence-corrected chi connectivity index (χ4v) is 4.48. The fraction of sp³-hybridized carbons (Fsp3) is 0.211. The molecule has 2 aromatic carbocycles. The van der Waals surface area contributed by atoms with Gasteiger partial charge in [0.25, 0.3) is 0 Å². The van der Waals surface area contributed by atoms with Crippen LogP contribution in [0.25, 0.3) is 11.1 Å². The summed E-state index contributed by atoms with van der Waals surface area (Å²) in [5.41, 5.74) is 3.73. The van der Waals surface area contributed by atoms with E-state index in [0.29, 0.717) is 17.9 Å². The van der Waals surface area contributed by atoms with Crippen molar-refractivity contribution in [1.82, 2.24) is 14.8 Å². The number of para-hydroxylation sites is 2. The molecule has 1 N–H and O–H groups in total. The molecule has 0 aliphatic heterocycles. The zero-order valence-corrected chi connectivity index (χ0v) is 16.3. The van der Waals surface area contributed by atoms with Gasteiger partial charge in [-0.3, -0.25) is 4.57 Å². The monoisotopic (exact) mass is 398 g/mol. The molecule has 0 aliphatic rings. The maximum Gasteiger partial charge on any atom is 0.419 e. The van der Waals surface area contributed by atoms with Crippen molar-refractivity contribution in [2.75, 3.05) is 11.1 Å². The number of hydrogen-bond acceptors (Lipinski definition) is 7. The third kappa shape index (κ3) is 4.06. The Morgan fingerprint density at radius 1 is 1.15 bits per heavy atom. The van der Waals surface area contributed by atoms with E-state index in [4.69, 9.17) is 4.42 Å². The van der Waals surface area contributed by atoms with Gasteiger partial charge in [-0.2, -0.15) is 0 Å². The SMILES string of the molecule is CCc1ccc(Nc2nnc(SCCn3c(=O)oc4ccccc43)s2)cc1. The van der Waals surface area contributed by atoms with Crippen molar-refractivity contribution in [1.29, 1.82) is 0 Å². The highest BCUT2D eigenvalue weighted by molar-refractivity contribution is 8.01. The lowest BCUT2D eigenvalue weighted by molar-refractivity contribution is 0.514. The maximum atomic E-state index is 12.0. The maximum absolute atomic E-state index is 12.0. The summed E-state index contributed by atoms with van der Waals surface area (Å²) in [6, 6.07) is 15.7. The number of thioether (sulfide) groups is 1. The van der Waals surface area contributed by atoms with Crippen LogP contribution < -0.4 is 11.1 Å². The second kappa shape index (κ2) is 7.98. The lowest BCUT2D eigenvalue weighted by Gasteiger charge is -2.02. The van der Waals surface area contributed by atoms with Crippen LogP contribution in [0.15, 0.2) is 62.1 Å². The van der Waals surface area contributed by atoms with Crippen LogP contribution in [0.3, 0.4) is 0 Å². The van der Waals surface area contributed by atoms with Crippen molar-refractivity contribution in [3.63, 3.8) is 0 Å². The quantitative estimate of drug-likeness (QED) is 0.461. The Morgan fingerprint density at radius 2 is 1.96 bits per heavy atom. The number of hydrogen-bond donors (Lipinski definition) is 1. The molecule has 138 valence electrons. The normalized spacial score (nSPS) is 11.1. The molecule has 4 rings (SSSR count). The molecule has 0 aliphatic carbocycles. The summed E-state index contributed by atoms with van der Waals surface area (Å²) in [5.74, 6) is 0.385. The highest BCUT2D eigenvalue weighted by atomic mass is 32.2. The van der Waals surface area contributed by atoms with Gasteiger partial charge in [-0.15, -0.1) is 10.2 Å². The molecule has 8 heteroatoms. The third-order valence-electron chi connectivity index (χ3n) is 4.13. The summed E-state index contributed by atoms with van der Waals surface area (Å²) >= 11 is 3.08. The summed E-state index contributed by atoms with van der Waals surface area (Å²) in [5, 5.41) is 12.4. The molecular weight excluding hydrogens is 380 g/mol. The van der Waals surface area contributed by atoms with Crippen molar-refractivity contribution in [2.24, 2.45) is 0 Å². The summed E-state index contributed by atoms with van der Waals surface area (Å²) in [4.78, 5) is 12.0. The molecule has 0 saturated carbocycles. The minimum Gasteiger partial charge on any atom is -0.408 e. The number of rotatable bonds is 7. The van der Waals surface area contributed by atoms with E-state index in [-0.39, 0.29) is 5.76 Å². The Hall–Kier alpha value is -2.58. The molecule has 0 atom stereocenters. The molecule has 0 bridgehead atoms. The van der Waals surface area contributed by atoms with Crippen LogP contribution in [-0.4, -0.2) is 20.5 Å². The van der Waals surface area contributed by atoms with Gasteiger partial charge in [-0.1, -0.05) is 54.3 Å². The number of anilines is 2. The number of benzene rings is 2. The molecule has 2 aromatic heterocycles. The Bertz CT molecular complexity index is 1100. The van der Waals surface area contributed by atoms with Crippen molar-refractivity contribution in [3.8, 4) is 0 Å². The first kappa shape index (κ1) is 17.8. The van der Waals surface area contributed by atoms with E-state index >= 15 is 0 Å². The van der Waals surface area contributed by atoms with Gasteiger partial charge in [0.05, 0.1) is 5.52 Å². The second-order valence-electron chi connectivity index (χ2n) is 5.88. The van der Waals surface area contributed by atoms with Crippen molar-refractivity contribution < 1.29 is 4.42 Å². The molecule has 6 nitrogen and oxygen atoms in total. The molecule has 0 saturated heterocycles. The Labute approximate surface area is 164 Å². The standard InChI is InChI=1S/C19H18N4O2S2/c1-2-13-7-9-14(10-8-13)20-17-21-22-18(27-17)26-12-11-23-15-5-3-4-6-16(15)25-19(23)24/h3-10H,2,11-12H2,1H3,(H,20,21). The van der Waals surface area contributed by atoms with E-state index in [9.17, 15) is 4.79 Å². The number of nitrogens with zero attached hydrogens (tertiary/aromatic N) is 3. The van der Waals surface area contributed by atoms with Crippen LogP contribution in [0.2, 0.25) is 0 Å². The number of aromatic nitrogens is 3. The smallest absolute Gasteiger partial charge is 0.408 e. The van der Waals surface area contributed by atoms with E-state index < -0.39 is 0 Å². The average Bonchev–Trinajstić information content (AvgIpc) is 3.26. The van der Waals surface area contributed by atoms with Gasteiger partial charge < -0.3 is 9.73 Å². The number of oxazole rings is 1. The average molecular weight is 399 g/mol. The molecule has 0 unspecified atom stereocenters. The molecule has 2 heterocycles. The van der Waals surface area contributed by atoms with Crippen molar-refractivity contribution in [2.45, 2.75) is 24.2 Å². The van der Waals surface area contributed by atoms with Gasteiger partial charge in [0.1, 0.15) is 0 Å². The predicted octanol–water partition coefficient (Wildman–Crippen LogP) is 4.54. The molecule has 0 amide bonds. The third-order valence-corrected chi connectivity index (χ3v) is 6.09. The van der Waals surface area contributed by atoms with Crippen LogP contribution >= 0.6 is 23.1 Å². The lowest BCUT2D eigenvalue weighted by Crippen LogP contribution is -2.15. The van der Waals surface area contributed by atoms with Gasteiger partial charge in [0.15, 0.2) is 9.92 Å². The molecule has 4 aromatic rings. The van der Waals surface area contributed by atoms with Crippen LogP contribution in [0, 0.1) is 0 Å². The molecule has 27 heavy (non-hydrogen) atoms. The Balaban J connectivity index is 1.36. The number of nitrogens with one attached hydrogen (secondary N) is 1. The van der Waals surface area contributed by atoms with Gasteiger partial charge in [-0.25, -0.2) is 4.79 Å². The summed E-state index contributed by atoms with van der Waals surface area (Å²) < 4.78 is 7.77. The summed E-state index contributed by atoms with van der Waals surface area (Å²) in [6.45, 7) is 2.69. The predicted molar refractivity (Wildman–Crippen MR) is 110 cm³/mol. The van der Waals surface area contributed by atoms with Crippen molar-refractivity contribution >= 4 is 45.0 Å². The van der Waals surface area contributed by atoms with Gasteiger partial charge in [-0.05, 0) is 36.2 Å². The minimum absolute atomic E-state index is 0.327. The van der Waals surface area contributed by atoms with E-state index in [2.05, 4.69) is 34.6 Å². The zero-order chi connectivity index (χ0) is 18.6. The van der Waals surface area contributed by atoms with Crippen LogP contribution in [0.5, 0.6) is 0 Å². The lowest BCUT2D eigenvalue weighted by atomic mass is 10.1. The first-order valence-corrected chi connectivity index (χ1v) is 10.4. The van der Waals surface area contributed by atoms with Crippen molar-refractivity contribution in [3.05, 3.63) is 64.6 Å². The molecule has 0 spiro atoms. The Kier molecular flexibility index (Phi) is 5.26. The first-order valence-electron chi connectivity index (χ1n) is 8.63. The van der Waals surface area contributed by atoms with E-state index in [1.54, 1.807) is 22.4 Å². The van der Waals surface area contributed by atoms with Gasteiger partial charge in [0, 0.05) is 18.0 Å². The number of aryl methyl sites for hydroxylation is 2. The zero-order valence-electron chi connectivity index (χ0n) is 14.7. The molecule has 0 fully saturated rings. The topological polar surface area (TPSA) is 73.0 Å². The highest BCUT2D eigenvalue weighted by Gasteiger charge is 2.10. The highest BCUT2D eigenvalue weighted by Crippen LogP contribution is 2.28. The summed E-state index contributed by atoms with van der Waals surface area (Å²) in [6.07, 6.45) is 1.02. The first-order chi connectivity index (χ1) is 13.2. The largest absolute Gasteiger partial charge is 0.419 e. The summed E-state index contributed by atoms with van der Waals surface area (Å²) in [7, 11) is 0. The fourth-order valence-electron chi connectivity index (χ4n) is 2.72. The van der Waals surface area contributed by atoms with Crippen LogP contribution in [0.1, 0.15) is 12.5 Å². The van der Waals surface area contributed by atoms with E-state index in [0.717, 1.165) is 27.1 Å². The molecular formula is C19H18N4O2S2. The minimum atomic E-state index is -0.327. The second-order valence-corrected chi connectivity index (χ2v) is 8.20. The Morgan fingerprint density at radius 3 is 2.78 bits per heavy atom. The van der Waals surface area contributed by atoms with Crippen LogP contribution in [-0.2, 0) is 13.0 Å². The van der Waals surface area contributed by atoms with Gasteiger partial charge >= 0.3 is 5.76 Å². The van der Waals surface area contributed by atoms with Gasteiger partial charge in [0.2, 0.25) is 5.13 Å². The van der Waals surface area contributed by atoms with E-state index in [1.807, 2.05) is 30.3 Å². The van der Waals surface area contributed by atoms with E-state index in [1.165, 1.54) is 16.9 Å².